The highest BCUT2D eigenvalue weighted by Crippen LogP contribution is 2.38. The average Bonchev–Trinajstić information content (AvgIpc) is 2.97. The molecular formula is C32H36O14. The van der Waals surface area contributed by atoms with E-state index in [4.69, 9.17) is 42.3 Å². The van der Waals surface area contributed by atoms with Crippen molar-refractivity contribution in [3.05, 3.63) is 40.8 Å². The minimum atomic E-state index is -1.65. The lowest BCUT2D eigenvalue weighted by Gasteiger charge is -2.43. The van der Waals surface area contributed by atoms with Crippen LogP contribution in [0.3, 0.4) is 0 Å². The zero-order valence-corrected chi connectivity index (χ0v) is 26.3. The van der Waals surface area contributed by atoms with Crippen molar-refractivity contribution in [2.75, 3.05) is 13.2 Å². The quantitative estimate of drug-likeness (QED) is 0.0776. The molecule has 1 saturated heterocycles. The summed E-state index contributed by atoms with van der Waals surface area (Å²) in [5.41, 5.74) is -0.928. The van der Waals surface area contributed by atoms with E-state index in [1.807, 2.05) is 19.1 Å². The summed E-state index contributed by atoms with van der Waals surface area (Å²) in [5, 5.41) is 0.207. The van der Waals surface area contributed by atoms with E-state index in [1.54, 1.807) is 12.1 Å². The summed E-state index contributed by atoms with van der Waals surface area (Å²) in [5.74, 6) is -0.922. The molecule has 14 nitrogen and oxygen atoms in total. The van der Waals surface area contributed by atoms with Gasteiger partial charge < -0.3 is 42.3 Å². The van der Waals surface area contributed by atoms with E-state index < -0.39 is 72.6 Å². The third kappa shape index (κ3) is 9.73. The van der Waals surface area contributed by atoms with Crippen molar-refractivity contribution in [2.24, 2.45) is 0 Å². The van der Waals surface area contributed by atoms with Gasteiger partial charge in [-0.2, -0.15) is 0 Å². The van der Waals surface area contributed by atoms with Crippen molar-refractivity contribution >= 4 is 34.8 Å². The van der Waals surface area contributed by atoms with Gasteiger partial charge in [0.05, 0.1) is 12.0 Å². The zero-order valence-electron chi connectivity index (χ0n) is 26.3. The first-order valence-electron chi connectivity index (χ1n) is 14.4. The molecule has 248 valence electrons. The predicted octanol–water partition coefficient (Wildman–Crippen LogP) is 3.35. The van der Waals surface area contributed by atoms with Crippen LogP contribution in [0, 0.1) is 12.0 Å². The Morgan fingerprint density at radius 2 is 1.57 bits per heavy atom. The molecule has 0 spiro atoms. The summed E-state index contributed by atoms with van der Waals surface area (Å²) in [4.78, 5) is 61.3. The molecule has 1 aliphatic heterocycles. The second kappa shape index (κ2) is 16.9. The lowest BCUT2D eigenvalue weighted by atomic mass is 9.98. The molecule has 1 aromatic carbocycles. The molecule has 0 bridgehead atoms. The maximum atomic E-state index is 13.1. The van der Waals surface area contributed by atoms with Gasteiger partial charge in [0, 0.05) is 40.7 Å². The van der Waals surface area contributed by atoms with Crippen LogP contribution in [0.4, 0.5) is 0 Å². The summed E-state index contributed by atoms with van der Waals surface area (Å²) in [6.07, 6.45) is 0.470. The molecule has 1 fully saturated rings. The Kier molecular flexibility index (Phi) is 13.0. The second-order valence-corrected chi connectivity index (χ2v) is 9.86. The van der Waals surface area contributed by atoms with Gasteiger partial charge in [-0.3, -0.25) is 19.2 Å². The van der Waals surface area contributed by atoms with Gasteiger partial charge in [-0.25, -0.2) is 4.79 Å². The Labute approximate surface area is 264 Å². The third-order valence-electron chi connectivity index (χ3n) is 6.18. The predicted molar refractivity (Wildman–Crippen MR) is 159 cm³/mol. The van der Waals surface area contributed by atoms with Crippen molar-refractivity contribution in [2.45, 2.75) is 85.1 Å². The first-order valence-corrected chi connectivity index (χ1v) is 14.4. The molecule has 1 aliphatic rings. The molecule has 0 saturated carbocycles. The van der Waals surface area contributed by atoms with Crippen LogP contribution >= 0.6 is 0 Å². The molecule has 14 heteroatoms. The van der Waals surface area contributed by atoms with Crippen molar-refractivity contribution < 1.29 is 61.5 Å². The number of carbonyl (C=O) groups excluding carboxylic acids is 4. The fourth-order valence-corrected chi connectivity index (χ4v) is 4.46. The van der Waals surface area contributed by atoms with Crippen LogP contribution in [0.25, 0.3) is 11.0 Å². The van der Waals surface area contributed by atoms with Crippen molar-refractivity contribution in [3.63, 3.8) is 0 Å². The second-order valence-electron chi connectivity index (χ2n) is 9.86. The van der Waals surface area contributed by atoms with Gasteiger partial charge in [0.1, 0.15) is 30.1 Å². The van der Waals surface area contributed by atoms with Crippen LogP contribution in [-0.4, -0.2) is 67.8 Å². The van der Waals surface area contributed by atoms with E-state index in [1.165, 1.54) is 13.0 Å². The fraction of sp³-hybridized carbons (Fsp3) is 0.469. The van der Waals surface area contributed by atoms with E-state index >= 15 is 0 Å². The van der Waals surface area contributed by atoms with Crippen LogP contribution in [0.5, 0.6) is 17.2 Å². The largest absolute Gasteiger partial charge is 0.493 e. The standard InChI is InChI=1S/C32H36O14/c1-7-9-10-11-15-38-22-12-13-23-24(16-22)44-31(37)29(39-14-8-2)26(23)46-32-30(43-21(6)36)28(42-20(5)35)27(41-19(4)34)25(45-32)17-40-18(3)33/h9-10,12-13,16,25,27-28,30,32H,7,11,15,17H2,1-6H3/t25-,27+,28+,30-,32+/m1/s1. The number of esters is 4. The number of hydrogen-bond donors (Lipinski definition) is 0. The summed E-state index contributed by atoms with van der Waals surface area (Å²) < 4.78 is 50.3. The molecule has 3 rings (SSSR count). The number of allylic oxidation sites excluding steroid dienone is 1. The maximum Gasteiger partial charge on any atom is 0.384 e. The van der Waals surface area contributed by atoms with E-state index in [0.29, 0.717) is 18.8 Å². The lowest BCUT2D eigenvalue weighted by Crippen LogP contribution is -2.63. The van der Waals surface area contributed by atoms with Crippen LogP contribution in [0.2, 0.25) is 0 Å². The minimum Gasteiger partial charge on any atom is -0.493 e. The molecule has 1 aromatic heterocycles. The summed E-state index contributed by atoms with van der Waals surface area (Å²) >= 11 is 0. The Morgan fingerprint density at radius 1 is 0.891 bits per heavy atom. The van der Waals surface area contributed by atoms with Crippen molar-refractivity contribution in [3.8, 4) is 29.3 Å². The molecular weight excluding hydrogens is 608 g/mol. The Morgan fingerprint density at radius 3 is 2.20 bits per heavy atom. The topological polar surface area (TPSA) is 172 Å². The van der Waals surface area contributed by atoms with Crippen LogP contribution < -0.4 is 19.8 Å². The Hall–Kier alpha value is -5.03. The molecule has 2 aromatic rings. The molecule has 46 heavy (non-hydrogen) atoms. The molecule has 2 heterocycles. The zero-order chi connectivity index (χ0) is 33.8. The molecule has 5 atom stereocenters. The van der Waals surface area contributed by atoms with Crippen molar-refractivity contribution in [1.29, 1.82) is 0 Å². The first-order chi connectivity index (χ1) is 21.9. The number of rotatable bonds is 13. The monoisotopic (exact) mass is 644 g/mol. The van der Waals surface area contributed by atoms with E-state index in [-0.39, 0.29) is 16.7 Å². The molecule has 0 unspecified atom stereocenters. The minimum absolute atomic E-state index is 0.0454. The van der Waals surface area contributed by atoms with E-state index in [2.05, 4.69) is 12.0 Å². The molecule has 0 aliphatic carbocycles. The lowest BCUT2D eigenvalue weighted by molar-refractivity contribution is -0.288. The summed E-state index contributed by atoms with van der Waals surface area (Å²) in [6.45, 7) is 7.82. The number of ether oxygens (including phenoxy) is 8. The summed E-state index contributed by atoms with van der Waals surface area (Å²) in [6, 6.07) is 4.64. The number of hydrogen-bond acceptors (Lipinski definition) is 14. The van der Waals surface area contributed by atoms with Gasteiger partial charge in [-0.1, -0.05) is 25.0 Å². The van der Waals surface area contributed by atoms with Gasteiger partial charge in [0.25, 0.3) is 5.75 Å². The smallest absolute Gasteiger partial charge is 0.384 e. The Bertz CT molecular complexity index is 1560. The number of carbonyl (C=O) groups is 4. The SMILES string of the molecule is CC#COc1c(O[C@@H]2O[C@H](COC(C)=O)[C@H](OC(C)=O)[C@H](OC(C)=O)[C@H]2OC(C)=O)c2ccc(OCCC=CCC)cc2oc1=O. The highest BCUT2D eigenvalue weighted by atomic mass is 16.7. The summed E-state index contributed by atoms with van der Waals surface area (Å²) in [7, 11) is 0. The molecule has 0 amide bonds. The highest BCUT2D eigenvalue weighted by molar-refractivity contribution is 5.86. The first kappa shape index (κ1) is 35.4. The number of fused-ring (bicyclic) bond motifs is 1. The molecule has 0 radical (unpaired) electrons. The van der Waals surface area contributed by atoms with Crippen LogP contribution in [0.15, 0.2) is 39.6 Å². The average molecular weight is 645 g/mol. The normalized spacial score (nSPS) is 20.6. The van der Waals surface area contributed by atoms with Gasteiger partial charge in [-0.15, -0.1) is 0 Å². The third-order valence-corrected chi connectivity index (χ3v) is 6.18. The van der Waals surface area contributed by atoms with Crippen molar-refractivity contribution in [1.82, 2.24) is 0 Å². The fourth-order valence-electron chi connectivity index (χ4n) is 4.46. The van der Waals surface area contributed by atoms with Crippen LogP contribution in [0.1, 0.15) is 54.4 Å². The van der Waals surface area contributed by atoms with Gasteiger partial charge in [0.2, 0.25) is 12.4 Å². The van der Waals surface area contributed by atoms with Crippen LogP contribution in [-0.2, 0) is 42.9 Å². The van der Waals surface area contributed by atoms with Gasteiger partial charge in [-0.05, 0) is 25.0 Å². The Balaban J connectivity index is 2.14. The number of benzene rings is 1. The highest BCUT2D eigenvalue weighted by Gasteiger charge is 2.53. The maximum absolute atomic E-state index is 13.1. The van der Waals surface area contributed by atoms with E-state index in [0.717, 1.165) is 34.1 Å². The van der Waals surface area contributed by atoms with Gasteiger partial charge in [0.15, 0.2) is 18.0 Å². The molecule has 0 N–H and O–H groups in total. The van der Waals surface area contributed by atoms with Gasteiger partial charge >= 0.3 is 29.5 Å². The van der Waals surface area contributed by atoms with E-state index in [9.17, 15) is 24.0 Å².